The molecule has 21 heavy (non-hydrogen) atoms. The second kappa shape index (κ2) is 7.63. The maximum absolute atomic E-state index is 12.2. The summed E-state index contributed by atoms with van der Waals surface area (Å²) < 4.78 is 45.3. The van der Waals surface area contributed by atoms with Crippen LogP contribution >= 0.6 is 0 Å². The van der Waals surface area contributed by atoms with Crippen LogP contribution in [0.2, 0.25) is 0 Å². The van der Waals surface area contributed by atoms with Crippen LogP contribution in [0.25, 0.3) is 0 Å². The second-order valence-electron chi connectivity index (χ2n) is 5.25. The van der Waals surface area contributed by atoms with Crippen LogP contribution in [0.1, 0.15) is 38.5 Å². The zero-order valence-electron chi connectivity index (χ0n) is 11.8. The molecule has 0 aromatic heterocycles. The van der Waals surface area contributed by atoms with Crippen LogP contribution in [0.15, 0.2) is 0 Å². The minimum Gasteiger partial charge on any atom is -0.466 e. The topological polar surface area (TPSA) is 78.6 Å². The van der Waals surface area contributed by atoms with Gasteiger partial charge in [0.2, 0.25) is 6.10 Å². The molecule has 1 rings (SSSR count). The smallest absolute Gasteiger partial charge is 0.466 e. The normalized spacial score (nSPS) is 19.7. The van der Waals surface area contributed by atoms with E-state index < -0.39 is 30.3 Å². The number of ether oxygens (including phenoxy) is 2. The van der Waals surface area contributed by atoms with Crippen LogP contribution in [0, 0.1) is 5.92 Å². The summed E-state index contributed by atoms with van der Waals surface area (Å²) in [7, 11) is 1.00. The SMILES string of the molecule is COC(=O)C(OC(=O)C(F)(F)F)C(N)CC1CCCCC1. The van der Waals surface area contributed by atoms with Crippen LogP contribution in [0.5, 0.6) is 0 Å². The van der Waals surface area contributed by atoms with Crippen LogP contribution in [-0.4, -0.2) is 37.4 Å². The van der Waals surface area contributed by atoms with Gasteiger partial charge in [0, 0.05) is 0 Å². The van der Waals surface area contributed by atoms with Gasteiger partial charge in [0.05, 0.1) is 13.2 Å². The predicted octanol–water partition coefficient (Wildman–Crippen LogP) is 1.93. The average molecular weight is 311 g/mol. The lowest BCUT2D eigenvalue weighted by Crippen LogP contribution is -2.47. The highest BCUT2D eigenvalue weighted by atomic mass is 19.4. The number of hydrogen-bond acceptors (Lipinski definition) is 5. The molecule has 0 spiro atoms. The summed E-state index contributed by atoms with van der Waals surface area (Å²) in [5.41, 5.74) is 5.77. The van der Waals surface area contributed by atoms with Crippen molar-refractivity contribution in [3.05, 3.63) is 0 Å². The molecule has 0 saturated heterocycles. The molecule has 1 saturated carbocycles. The lowest BCUT2D eigenvalue weighted by atomic mass is 9.84. The lowest BCUT2D eigenvalue weighted by molar-refractivity contribution is -0.208. The number of rotatable bonds is 5. The van der Waals surface area contributed by atoms with Gasteiger partial charge in [0.25, 0.3) is 0 Å². The summed E-state index contributed by atoms with van der Waals surface area (Å²) in [5, 5.41) is 0. The third kappa shape index (κ3) is 5.53. The van der Waals surface area contributed by atoms with Gasteiger partial charge < -0.3 is 15.2 Å². The minimum absolute atomic E-state index is 0.227. The molecule has 1 fully saturated rings. The molecule has 0 heterocycles. The molecule has 0 aliphatic heterocycles. The van der Waals surface area contributed by atoms with Crippen molar-refractivity contribution in [2.45, 2.75) is 56.8 Å². The number of hydrogen-bond donors (Lipinski definition) is 1. The van der Waals surface area contributed by atoms with E-state index in [2.05, 4.69) is 9.47 Å². The van der Waals surface area contributed by atoms with Crippen molar-refractivity contribution < 1.29 is 32.2 Å². The van der Waals surface area contributed by atoms with Gasteiger partial charge in [0.1, 0.15) is 0 Å². The summed E-state index contributed by atoms with van der Waals surface area (Å²) in [4.78, 5) is 22.4. The third-order valence-electron chi connectivity index (χ3n) is 3.62. The van der Waals surface area contributed by atoms with Crippen molar-refractivity contribution in [2.75, 3.05) is 7.11 Å². The van der Waals surface area contributed by atoms with Crippen molar-refractivity contribution >= 4 is 11.9 Å². The van der Waals surface area contributed by atoms with E-state index in [0.29, 0.717) is 6.42 Å². The molecule has 2 atom stereocenters. The Labute approximate surface area is 120 Å². The second-order valence-corrected chi connectivity index (χ2v) is 5.25. The number of nitrogens with two attached hydrogens (primary N) is 1. The van der Waals surface area contributed by atoms with Crippen molar-refractivity contribution in [1.82, 2.24) is 0 Å². The molecular weight excluding hydrogens is 291 g/mol. The van der Waals surface area contributed by atoms with Gasteiger partial charge in [-0.15, -0.1) is 0 Å². The maximum Gasteiger partial charge on any atom is 0.490 e. The van der Waals surface area contributed by atoms with E-state index in [-0.39, 0.29) is 5.92 Å². The van der Waals surface area contributed by atoms with Crippen LogP contribution < -0.4 is 5.73 Å². The number of alkyl halides is 3. The number of carbonyl (C=O) groups excluding carboxylic acids is 2. The summed E-state index contributed by atoms with van der Waals surface area (Å²) in [6.45, 7) is 0. The highest BCUT2D eigenvalue weighted by Crippen LogP contribution is 2.28. The van der Waals surface area contributed by atoms with E-state index in [4.69, 9.17) is 5.73 Å². The molecule has 8 heteroatoms. The van der Waals surface area contributed by atoms with E-state index in [1.165, 1.54) is 0 Å². The molecule has 0 amide bonds. The largest absolute Gasteiger partial charge is 0.490 e. The van der Waals surface area contributed by atoms with Gasteiger partial charge in [0.15, 0.2) is 0 Å². The van der Waals surface area contributed by atoms with E-state index in [0.717, 1.165) is 39.2 Å². The predicted molar refractivity (Wildman–Crippen MR) is 67.1 cm³/mol. The molecule has 2 N–H and O–H groups in total. The third-order valence-corrected chi connectivity index (χ3v) is 3.62. The van der Waals surface area contributed by atoms with Gasteiger partial charge >= 0.3 is 18.1 Å². The molecule has 0 bridgehead atoms. The molecule has 1 aliphatic carbocycles. The monoisotopic (exact) mass is 311 g/mol. The van der Waals surface area contributed by atoms with Crippen molar-refractivity contribution in [3.8, 4) is 0 Å². The molecule has 0 aromatic carbocycles. The summed E-state index contributed by atoms with van der Waals surface area (Å²) in [5.74, 6) is -3.28. The highest BCUT2D eigenvalue weighted by Gasteiger charge is 2.45. The molecule has 2 unspecified atom stereocenters. The Hall–Kier alpha value is -1.31. The van der Waals surface area contributed by atoms with E-state index >= 15 is 0 Å². The molecule has 0 aromatic rings. The van der Waals surface area contributed by atoms with Gasteiger partial charge in [-0.25, -0.2) is 9.59 Å². The highest BCUT2D eigenvalue weighted by molar-refractivity contribution is 5.82. The number of methoxy groups -OCH3 is 1. The van der Waals surface area contributed by atoms with Crippen LogP contribution in [0.3, 0.4) is 0 Å². The fraction of sp³-hybridized carbons (Fsp3) is 0.846. The van der Waals surface area contributed by atoms with Crippen LogP contribution in [0.4, 0.5) is 13.2 Å². The average Bonchev–Trinajstić information content (AvgIpc) is 2.43. The zero-order chi connectivity index (χ0) is 16.0. The fourth-order valence-electron chi connectivity index (χ4n) is 2.54. The Morgan fingerprint density at radius 2 is 1.81 bits per heavy atom. The molecule has 0 radical (unpaired) electrons. The Balaban J connectivity index is 2.67. The zero-order valence-corrected chi connectivity index (χ0v) is 11.8. The van der Waals surface area contributed by atoms with E-state index in [1.54, 1.807) is 0 Å². The summed E-state index contributed by atoms with van der Waals surface area (Å²) in [6.07, 6.45) is -1.57. The van der Waals surface area contributed by atoms with Crippen LogP contribution in [-0.2, 0) is 19.1 Å². The number of halogens is 3. The van der Waals surface area contributed by atoms with Crippen molar-refractivity contribution in [1.29, 1.82) is 0 Å². The fourth-order valence-corrected chi connectivity index (χ4v) is 2.54. The first-order valence-electron chi connectivity index (χ1n) is 6.87. The quantitative estimate of drug-likeness (QED) is 0.785. The molecular formula is C13H20F3NO4. The Kier molecular flexibility index (Phi) is 6.44. The van der Waals surface area contributed by atoms with Gasteiger partial charge in [-0.1, -0.05) is 32.1 Å². The van der Waals surface area contributed by atoms with E-state index in [9.17, 15) is 22.8 Å². The standard InChI is InChI=1S/C13H20F3NO4/c1-20-11(18)10(21-12(19)13(14,15)16)9(17)7-8-5-3-2-4-6-8/h8-10H,2-7,17H2,1H3. The summed E-state index contributed by atoms with van der Waals surface area (Å²) in [6, 6.07) is -1.01. The van der Waals surface area contributed by atoms with Crippen molar-refractivity contribution in [3.63, 3.8) is 0 Å². The number of carbonyl (C=O) groups is 2. The maximum atomic E-state index is 12.2. The van der Waals surface area contributed by atoms with Gasteiger partial charge in [-0.3, -0.25) is 0 Å². The van der Waals surface area contributed by atoms with Gasteiger partial charge in [-0.2, -0.15) is 13.2 Å². The Morgan fingerprint density at radius 1 is 1.24 bits per heavy atom. The first kappa shape index (κ1) is 17.7. The number of esters is 2. The lowest BCUT2D eigenvalue weighted by Gasteiger charge is -2.28. The molecule has 1 aliphatic rings. The molecule has 122 valence electrons. The van der Waals surface area contributed by atoms with Gasteiger partial charge in [-0.05, 0) is 12.3 Å². The Bertz CT molecular complexity index is 367. The summed E-state index contributed by atoms with van der Waals surface area (Å²) >= 11 is 0. The van der Waals surface area contributed by atoms with Crippen molar-refractivity contribution in [2.24, 2.45) is 11.7 Å². The molecule has 5 nitrogen and oxygen atoms in total. The Morgan fingerprint density at radius 3 is 2.29 bits per heavy atom. The first-order valence-corrected chi connectivity index (χ1v) is 6.87. The first-order chi connectivity index (χ1) is 9.75. The van der Waals surface area contributed by atoms with E-state index in [1.807, 2.05) is 0 Å². The minimum atomic E-state index is -5.17.